The van der Waals surface area contributed by atoms with Crippen molar-refractivity contribution < 1.29 is 0 Å². The van der Waals surface area contributed by atoms with E-state index in [0.29, 0.717) is 0 Å². The summed E-state index contributed by atoms with van der Waals surface area (Å²) >= 11 is 0. The molecular formula is C12H15N3. The van der Waals surface area contributed by atoms with Crippen LogP contribution in [0, 0.1) is 0 Å². The number of nitrogens with one attached hydrogen (secondary N) is 1. The minimum Gasteiger partial charge on any atom is -0.397 e. The predicted molar refractivity (Wildman–Crippen MR) is 62.7 cm³/mol. The lowest BCUT2D eigenvalue weighted by molar-refractivity contribution is 0.310. The van der Waals surface area contributed by atoms with E-state index < -0.39 is 0 Å². The molecule has 0 fully saturated rings. The Kier molecular flexibility index (Phi) is 1.76. The molecule has 2 aromatic rings. The Hall–Kier alpha value is -1.48. The van der Waals surface area contributed by atoms with E-state index >= 15 is 0 Å². The molecule has 78 valence electrons. The SMILES string of the molecule is CN1CCc2c([nH]c3c(N)cccc23)C1. The molecule has 0 amide bonds. The molecule has 15 heavy (non-hydrogen) atoms. The van der Waals surface area contributed by atoms with Gasteiger partial charge in [0.15, 0.2) is 0 Å². The average Bonchev–Trinajstić information content (AvgIpc) is 2.57. The van der Waals surface area contributed by atoms with Crippen molar-refractivity contribution in [2.45, 2.75) is 13.0 Å². The van der Waals surface area contributed by atoms with Gasteiger partial charge in [0.2, 0.25) is 0 Å². The zero-order valence-electron chi connectivity index (χ0n) is 8.88. The fourth-order valence-electron chi connectivity index (χ4n) is 2.42. The van der Waals surface area contributed by atoms with Crippen molar-refractivity contribution in [2.24, 2.45) is 0 Å². The molecule has 0 atom stereocenters. The third-order valence-electron chi connectivity index (χ3n) is 3.23. The molecule has 1 aromatic heterocycles. The minimum absolute atomic E-state index is 0.851. The molecule has 3 nitrogen and oxygen atoms in total. The van der Waals surface area contributed by atoms with E-state index in [1.54, 1.807) is 0 Å². The number of H-pyrrole nitrogens is 1. The van der Waals surface area contributed by atoms with Crippen molar-refractivity contribution in [3.05, 3.63) is 29.5 Å². The molecule has 1 aliphatic heterocycles. The molecule has 2 heterocycles. The molecule has 0 bridgehead atoms. The smallest absolute Gasteiger partial charge is 0.0692 e. The number of aromatic amines is 1. The van der Waals surface area contributed by atoms with Crippen LogP contribution in [0.15, 0.2) is 18.2 Å². The summed E-state index contributed by atoms with van der Waals surface area (Å²) in [6, 6.07) is 6.14. The van der Waals surface area contributed by atoms with Gasteiger partial charge in [-0.3, -0.25) is 0 Å². The van der Waals surface area contributed by atoms with E-state index in [-0.39, 0.29) is 0 Å². The van der Waals surface area contributed by atoms with Crippen molar-refractivity contribution in [3.8, 4) is 0 Å². The molecule has 0 aliphatic carbocycles. The van der Waals surface area contributed by atoms with Crippen molar-refractivity contribution in [3.63, 3.8) is 0 Å². The highest BCUT2D eigenvalue weighted by Gasteiger charge is 2.18. The van der Waals surface area contributed by atoms with Crippen LogP contribution in [0.4, 0.5) is 5.69 Å². The van der Waals surface area contributed by atoms with E-state index in [4.69, 9.17) is 5.73 Å². The predicted octanol–water partition coefficient (Wildman–Crippen LogP) is 1.74. The first-order valence-electron chi connectivity index (χ1n) is 5.32. The first-order valence-corrected chi connectivity index (χ1v) is 5.32. The number of nitrogen functional groups attached to an aromatic ring is 1. The zero-order chi connectivity index (χ0) is 10.4. The van der Waals surface area contributed by atoms with Crippen LogP contribution >= 0.6 is 0 Å². The van der Waals surface area contributed by atoms with E-state index in [2.05, 4.69) is 23.0 Å². The van der Waals surface area contributed by atoms with Crippen LogP contribution < -0.4 is 5.73 Å². The van der Waals surface area contributed by atoms with Gasteiger partial charge in [0.1, 0.15) is 0 Å². The number of benzene rings is 1. The number of rotatable bonds is 0. The number of aromatic nitrogens is 1. The Morgan fingerprint density at radius 3 is 3.13 bits per heavy atom. The average molecular weight is 201 g/mol. The second-order valence-corrected chi connectivity index (χ2v) is 4.34. The molecule has 3 rings (SSSR count). The summed E-state index contributed by atoms with van der Waals surface area (Å²) in [4.78, 5) is 5.78. The number of anilines is 1. The number of fused-ring (bicyclic) bond motifs is 3. The Labute approximate surface area is 88.9 Å². The highest BCUT2D eigenvalue weighted by atomic mass is 15.1. The van der Waals surface area contributed by atoms with Gasteiger partial charge in [-0.15, -0.1) is 0 Å². The molecule has 0 spiro atoms. The summed E-state index contributed by atoms with van der Waals surface area (Å²) in [5.41, 5.74) is 10.7. The number of para-hydroxylation sites is 1. The van der Waals surface area contributed by atoms with Crippen LogP contribution in [0.5, 0.6) is 0 Å². The van der Waals surface area contributed by atoms with Crippen molar-refractivity contribution in [1.82, 2.24) is 9.88 Å². The van der Waals surface area contributed by atoms with Crippen LogP contribution in [-0.2, 0) is 13.0 Å². The minimum atomic E-state index is 0.851. The van der Waals surface area contributed by atoms with Crippen molar-refractivity contribution in [1.29, 1.82) is 0 Å². The van der Waals surface area contributed by atoms with Gasteiger partial charge in [-0.05, 0) is 25.1 Å². The standard InChI is InChI=1S/C12H15N3/c1-15-6-5-8-9-3-2-4-10(13)12(9)14-11(8)7-15/h2-4,14H,5-7,13H2,1H3. The van der Waals surface area contributed by atoms with Crippen LogP contribution in [0.1, 0.15) is 11.3 Å². The fraction of sp³-hybridized carbons (Fsp3) is 0.333. The lowest BCUT2D eigenvalue weighted by atomic mass is 10.0. The molecule has 0 unspecified atom stereocenters. The lowest BCUT2D eigenvalue weighted by Gasteiger charge is -2.22. The summed E-state index contributed by atoms with van der Waals surface area (Å²) in [6.07, 6.45) is 1.12. The maximum absolute atomic E-state index is 5.96. The Balaban J connectivity index is 2.27. The van der Waals surface area contributed by atoms with Crippen LogP contribution in [0.3, 0.4) is 0 Å². The summed E-state index contributed by atoms with van der Waals surface area (Å²) in [5, 5.41) is 1.30. The molecule has 1 aromatic carbocycles. The zero-order valence-corrected chi connectivity index (χ0v) is 8.88. The second-order valence-electron chi connectivity index (χ2n) is 4.34. The van der Waals surface area contributed by atoms with Crippen molar-refractivity contribution >= 4 is 16.6 Å². The van der Waals surface area contributed by atoms with Gasteiger partial charge in [-0.1, -0.05) is 12.1 Å². The lowest BCUT2D eigenvalue weighted by Crippen LogP contribution is -2.26. The largest absolute Gasteiger partial charge is 0.397 e. The maximum atomic E-state index is 5.96. The fourth-order valence-corrected chi connectivity index (χ4v) is 2.42. The van der Waals surface area contributed by atoms with Crippen molar-refractivity contribution in [2.75, 3.05) is 19.3 Å². The van der Waals surface area contributed by atoms with E-state index in [0.717, 1.165) is 30.7 Å². The second kappa shape index (κ2) is 3.00. The van der Waals surface area contributed by atoms with Gasteiger partial charge in [0.05, 0.1) is 11.2 Å². The van der Waals surface area contributed by atoms with Gasteiger partial charge < -0.3 is 15.6 Å². The quantitative estimate of drug-likeness (QED) is 0.638. The Morgan fingerprint density at radius 2 is 2.27 bits per heavy atom. The van der Waals surface area contributed by atoms with Crippen LogP contribution in [0.25, 0.3) is 10.9 Å². The number of hydrogen-bond donors (Lipinski definition) is 2. The first-order chi connectivity index (χ1) is 7.25. The third kappa shape index (κ3) is 1.23. The van der Waals surface area contributed by atoms with Gasteiger partial charge >= 0.3 is 0 Å². The summed E-state index contributed by atoms with van der Waals surface area (Å²) in [5.74, 6) is 0. The molecule has 3 heteroatoms. The van der Waals surface area contributed by atoms with E-state index in [1.165, 1.54) is 16.6 Å². The molecular weight excluding hydrogens is 186 g/mol. The van der Waals surface area contributed by atoms with E-state index in [9.17, 15) is 0 Å². The normalized spacial score (nSPS) is 16.9. The Morgan fingerprint density at radius 1 is 1.40 bits per heavy atom. The highest BCUT2D eigenvalue weighted by molar-refractivity contribution is 5.93. The Bertz CT molecular complexity index is 513. The van der Waals surface area contributed by atoms with Crippen LogP contribution in [0.2, 0.25) is 0 Å². The number of nitrogens with zero attached hydrogens (tertiary/aromatic N) is 1. The van der Waals surface area contributed by atoms with Crippen LogP contribution in [-0.4, -0.2) is 23.5 Å². The molecule has 1 aliphatic rings. The first kappa shape index (κ1) is 8.80. The number of hydrogen-bond acceptors (Lipinski definition) is 2. The number of likely N-dealkylation sites (N-methyl/N-ethyl adjacent to an activating group) is 1. The molecule has 0 saturated carbocycles. The summed E-state index contributed by atoms with van der Waals surface area (Å²) in [7, 11) is 2.15. The molecule has 0 saturated heterocycles. The maximum Gasteiger partial charge on any atom is 0.0692 e. The monoisotopic (exact) mass is 201 g/mol. The number of nitrogens with two attached hydrogens (primary N) is 1. The van der Waals surface area contributed by atoms with Gasteiger partial charge in [-0.2, -0.15) is 0 Å². The third-order valence-corrected chi connectivity index (χ3v) is 3.23. The van der Waals surface area contributed by atoms with Gasteiger partial charge in [0, 0.05) is 24.2 Å². The van der Waals surface area contributed by atoms with Gasteiger partial charge in [-0.25, -0.2) is 0 Å². The topological polar surface area (TPSA) is 45.0 Å². The summed E-state index contributed by atoms with van der Waals surface area (Å²) in [6.45, 7) is 2.14. The highest BCUT2D eigenvalue weighted by Crippen LogP contribution is 2.29. The molecule has 3 N–H and O–H groups in total. The van der Waals surface area contributed by atoms with Gasteiger partial charge in [0.25, 0.3) is 0 Å². The molecule has 0 radical (unpaired) electrons. The summed E-state index contributed by atoms with van der Waals surface area (Å²) < 4.78 is 0. The van der Waals surface area contributed by atoms with E-state index in [1.807, 2.05) is 12.1 Å².